The molecule has 3 aromatic rings. The standard InChI is InChI=1S/C24H26N2O3S/c1-17-5-10-20(11-6-17)16-26(4)24(27)21-12-9-19(3)23(15-21)30(28,29)25-22-13-7-18(2)8-14-22/h5-15,25H,16H2,1-4H3. The van der Waals surface area contributed by atoms with Crippen molar-refractivity contribution in [2.75, 3.05) is 11.8 Å². The Labute approximate surface area is 178 Å². The third-order valence-electron chi connectivity index (χ3n) is 4.92. The highest BCUT2D eigenvalue weighted by Gasteiger charge is 2.21. The minimum Gasteiger partial charge on any atom is -0.337 e. The van der Waals surface area contributed by atoms with E-state index >= 15 is 0 Å². The van der Waals surface area contributed by atoms with Crippen molar-refractivity contribution in [1.29, 1.82) is 0 Å². The van der Waals surface area contributed by atoms with Crippen LogP contribution in [0.25, 0.3) is 0 Å². The van der Waals surface area contributed by atoms with E-state index in [9.17, 15) is 13.2 Å². The van der Waals surface area contributed by atoms with Crippen LogP contribution >= 0.6 is 0 Å². The van der Waals surface area contributed by atoms with Crippen molar-refractivity contribution >= 4 is 21.6 Å². The average molecular weight is 423 g/mol. The average Bonchev–Trinajstić information content (AvgIpc) is 2.71. The molecular weight excluding hydrogens is 396 g/mol. The molecule has 0 aromatic heterocycles. The number of nitrogens with one attached hydrogen (secondary N) is 1. The number of nitrogens with zero attached hydrogens (tertiary/aromatic N) is 1. The summed E-state index contributed by atoms with van der Waals surface area (Å²) in [5, 5.41) is 0. The molecule has 0 aliphatic rings. The Balaban J connectivity index is 1.83. The Morgan fingerprint density at radius 1 is 0.867 bits per heavy atom. The molecule has 0 spiro atoms. The number of hydrogen-bond donors (Lipinski definition) is 1. The van der Waals surface area contributed by atoms with Gasteiger partial charge in [-0.2, -0.15) is 0 Å². The van der Waals surface area contributed by atoms with Crippen LogP contribution in [0.5, 0.6) is 0 Å². The molecule has 0 radical (unpaired) electrons. The summed E-state index contributed by atoms with van der Waals surface area (Å²) in [6.45, 7) is 6.10. The maximum Gasteiger partial charge on any atom is 0.262 e. The Morgan fingerprint density at radius 2 is 1.43 bits per heavy atom. The Hall–Kier alpha value is -3.12. The zero-order valence-corrected chi connectivity index (χ0v) is 18.5. The van der Waals surface area contributed by atoms with Gasteiger partial charge in [0.1, 0.15) is 0 Å². The normalized spacial score (nSPS) is 11.2. The summed E-state index contributed by atoms with van der Waals surface area (Å²) in [5.74, 6) is -0.234. The van der Waals surface area contributed by atoms with Gasteiger partial charge in [-0.25, -0.2) is 8.42 Å². The Kier molecular flexibility index (Phi) is 6.27. The number of benzene rings is 3. The first-order valence-corrected chi connectivity index (χ1v) is 11.2. The molecule has 3 rings (SSSR count). The zero-order chi connectivity index (χ0) is 21.9. The topological polar surface area (TPSA) is 66.5 Å². The summed E-state index contributed by atoms with van der Waals surface area (Å²) >= 11 is 0. The summed E-state index contributed by atoms with van der Waals surface area (Å²) in [6.07, 6.45) is 0. The minimum absolute atomic E-state index is 0.0951. The third-order valence-corrected chi connectivity index (χ3v) is 6.44. The molecule has 0 aliphatic heterocycles. The van der Waals surface area contributed by atoms with Gasteiger partial charge in [0.15, 0.2) is 0 Å². The summed E-state index contributed by atoms with van der Waals surface area (Å²) in [7, 11) is -2.11. The molecule has 156 valence electrons. The van der Waals surface area contributed by atoms with Crippen LogP contribution in [0, 0.1) is 20.8 Å². The summed E-state index contributed by atoms with van der Waals surface area (Å²) in [5.41, 5.74) is 4.60. The molecule has 0 unspecified atom stereocenters. The van der Waals surface area contributed by atoms with Gasteiger partial charge in [0.05, 0.1) is 4.90 Å². The minimum atomic E-state index is -3.82. The van der Waals surface area contributed by atoms with Crippen molar-refractivity contribution < 1.29 is 13.2 Å². The van der Waals surface area contributed by atoms with Gasteiger partial charge in [-0.15, -0.1) is 0 Å². The van der Waals surface area contributed by atoms with Gasteiger partial charge >= 0.3 is 0 Å². The second kappa shape index (κ2) is 8.71. The lowest BCUT2D eigenvalue weighted by Crippen LogP contribution is -2.26. The van der Waals surface area contributed by atoms with Crippen molar-refractivity contribution in [3.63, 3.8) is 0 Å². The lowest BCUT2D eigenvalue weighted by atomic mass is 10.1. The second-order valence-corrected chi connectivity index (χ2v) is 9.25. The summed E-state index contributed by atoms with van der Waals surface area (Å²) < 4.78 is 28.5. The molecule has 0 bridgehead atoms. The van der Waals surface area contributed by atoms with E-state index in [1.165, 1.54) is 6.07 Å². The maximum atomic E-state index is 12.9. The highest BCUT2D eigenvalue weighted by molar-refractivity contribution is 7.92. The van der Waals surface area contributed by atoms with Crippen molar-refractivity contribution in [3.8, 4) is 0 Å². The summed E-state index contributed by atoms with van der Waals surface area (Å²) in [4.78, 5) is 14.6. The van der Waals surface area contributed by atoms with Gasteiger partial charge < -0.3 is 4.90 Å². The predicted molar refractivity (Wildman–Crippen MR) is 120 cm³/mol. The molecule has 30 heavy (non-hydrogen) atoms. The molecule has 0 saturated carbocycles. The van der Waals surface area contributed by atoms with E-state index in [0.717, 1.165) is 16.7 Å². The Morgan fingerprint density at radius 3 is 2.03 bits per heavy atom. The number of anilines is 1. The van der Waals surface area contributed by atoms with Crippen molar-refractivity contribution in [2.45, 2.75) is 32.2 Å². The van der Waals surface area contributed by atoms with E-state index in [-0.39, 0.29) is 10.8 Å². The van der Waals surface area contributed by atoms with Gasteiger partial charge in [-0.1, -0.05) is 53.6 Å². The van der Waals surface area contributed by atoms with E-state index in [2.05, 4.69) is 4.72 Å². The van der Waals surface area contributed by atoms with Gasteiger partial charge in [-0.05, 0) is 56.2 Å². The molecule has 0 aliphatic carbocycles. The van der Waals surface area contributed by atoms with E-state index in [0.29, 0.717) is 23.4 Å². The van der Waals surface area contributed by atoms with E-state index in [1.807, 2.05) is 50.2 Å². The third kappa shape index (κ3) is 5.07. The fourth-order valence-electron chi connectivity index (χ4n) is 3.11. The van der Waals surface area contributed by atoms with Crippen LogP contribution in [0.4, 0.5) is 5.69 Å². The number of hydrogen-bond acceptors (Lipinski definition) is 3. The fourth-order valence-corrected chi connectivity index (χ4v) is 4.44. The lowest BCUT2D eigenvalue weighted by molar-refractivity contribution is 0.0785. The van der Waals surface area contributed by atoms with E-state index < -0.39 is 10.0 Å². The first-order valence-electron chi connectivity index (χ1n) is 9.67. The SMILES string of the molecule is Cc1ccc(CN(C)C(=O)c2ccc(C)c(S(=O)(=O)Nc3ccc(C)cc3)c2)cc1. The number of carbonyl (C=O) groups is 1. The zero-order valence-electron chi connectivity index (χ0n) is 17.6. The first kappa shape index (κ1) is 21.6. The molecule has 0 heterocycles. The molecule has 0 saturated heterocycles. The largest absolute Gasteiger partial charge is 0.337 e. The van der Waals surface area contributed by atoms with E-state index in [1.54, 1.807) is 43.1 Å². The molecule has 0 fully saturated rings. The van der Waals surface area contributed by atoms with E-state index in [4.69, 9.17) is 0 Å². The second-order valence-electron chi connectivity index (χ2n) is 7.60. The molecule has 5 nitrogen and oxygen atoms in total. The summed E-state index contributed by atoms with van der Waals surface area (Å²) in [6, 6.07) is 19.8. The first-order chi connectivity index (χ1) is 14.2. The van der Waals surface area contributed by atoms with Gasteiger partial charge in [0.25, 0.3) is 15.9 Å². The van der Waals surface area contributed by atoms with Crippen molar-refractivity contribution in [2.24, 2.45) is 0 Å². The fraction of sp³-hybridized carbons (Fsp3) is 0.208. The van der Waals surface area contributed by atoms with Gasteiger partial charge in [0.2, 0.25) is 0 Å². The van der Waals surface area contributed by atoms with Crippen LogP contribution in [-0.2, 0) is 16.6 Å². The number of rotatable bonds is 6. The molecule has 3 aromatic carbocycles. The number of amides is 1. The highest BCUT2D eigenvalue weighted by Crippen LogP contribution is 2.22. The smallest absolute Gasteiger partial charge is 0.262 e. The number of aryl methyl sites for hydroxylation is 3. The maximum absolute atomic E-state index is 12.9. The molecule has 6 heteroatoms. The molecule has 1 amide bonds. The van der Waals surface area contributed by atoms with Crippen molar-refractivity contribution in [1.82, 2.24) is 4.90 Å². The van der Waals surface area contributed by atoms with Crippen LogP contribution in [0.1, 0.15) is 32.6 Å². The van der Waals surface area contributed by atoms with Crippen LogP contribution in [0.2, 0.25) is 0 Å². The molecule has 1 N–H and O–H groups in total. The van der Waals surface area contributed by atoms with Gasteiger partial charge in [0, 0.05) is 24.8 Å². The van der Waals surface area contributed by atoms with Crippen molar-refractivity contribution in [3.05, 3.63) is 94.5 Å². The lowest BCUT2D eigenvalue weighted by Gasteiger charge is -2.19. The number of carbonyl (C=O) groups excluding carboxylic acids is 1. The van der Waals surface area contributed by atoms with Crippen LogP contribution < -0.4 is 4.72 Å². The molecule has 0 atom stereocenters. The monoisotopic (exact) mass is 422 g/mol. The number of sulfonamides is 1. The van der Waals surface area contributed by atoms with Crippen LogP contribution in [0.3, 0.4) is 0 Å². The van der Waals surface area contributed by atoms with Crippen LogP contribution in [0.15, 0.2) is 71.6 Å². The predicted octanol–water partition coefficient (Wildman–Crippen LogP) is 4.68. The highest BCUT2D eigenvalue weighted by atomic mass is 32.2. The van der Waals surface area contributed by atoms with Gasteiger partial charge in [-0.3, -0.25) is 9.52 Å². The molecular formula is C24H26N2O3S. The quantitative estimate of drug-likeness (QED) is 0.627. The van der Waals surface area contributed by atoms with Crippen LogP contribution in [-0.4, -0.2) is 26.3 Å². The Bertz CT molecular complexity index is 1150.